The summed E-state index contributed by atoms with van der Waals surface area (Å²) in [6.45, 7) is 11.7. The summed E-state index contributed by atoms with van der Waals surface area (Å²) in [5.74, 6) is 1.23. The van der Waals surface area contributed by atoms with Gasteiger partial charge in [-0.1, -0.05) is 64.1 Å². The van der Waals surface area contributed by atoms with E-state index in [0.29, 0.717) is 18.4 Å². The zero-order valence-corrected chi connectivity index (χ0v) is 14.3. The maximum Gasteiger partial charge on any atom is 0.0917 e. The van der Waals surface area contributed by atoms with Crippen LogP contribution in [-0.2, 0) is 0 Å². The molecule has 0 spiro atoms. The van der Waals surface area contributed by atoms with Gasteiger partial charge in [0.15, 0.2) is 0 Å². The molecule has 2 heteroatoms. The maximum atomic E-state index is 10.6. The largest absolute Gasteiger partial charge is 0.387 e. The van der Waals surface area contributed by atoms with Crippen LogP contribution in [0.25, 0.3) is 10.8 Å². The third-order valence-electron chi connectivity index (χ3n) is 3.84. The van der Waals surface area contributed by atoms with Gasteiger partial charge in [-0.25, -0.2) is 0 Å². The minimum Gasteiger partial charge on any atom is -0.387 e. The molecule has 0 radical (unpaired) electrons. The molecule has 0 unspecified atom stereocenters. The van der Waals surface area contributed by atoms with E-state index >= 15 is 0 Å². The summed E-state index contributed by atoms with van der Waals surface area (Å²) in [6, 6.07) is 14.6. The molecular formula is C20H29NO. The van der Waals surface area contributed by atoms with Gasteiger partial charge < -0.3 is 5.11 Å². The topological polar surface area (TPSA) is 23.5 Å². The fraction of sp³-hybridized carbons (Fsp3) is 0.500. The Labute approximate surface area is 134 Å². The molecule has 22 heavy (non-hydrogen) atoms. The second kappa shape index (κ2) is 7.75. The van der Waals surface area contributed by atoms with E-state index < -0.39 is 6.10 Å². The molecule has 1 N–H and O–H groups in total. The lowest BCUT2D eigenvalue weighted by Crippen LogP contribution is -2.35. The third-order valence-corrected chi connectivity index (χ3v) is 3.84. The highest BCUT2D eigenvalue weighted by molar-refractivity contribution is 5.83. The number of hydrogen-bond donors (Lipinski definition) is 1. The molecule has 2 rings (SSSR count). The molecule has 1 atom stereocenters. The zero-order valence-electron chi connectivity index (χ0n) is 14.3. The van der Waals surface area contributed by atoms with Crippen LogP contribution in [0.5, 0.6) is 0 Å². The lowest BCUT2D eigenvalue weighted by atomic mass is 10.0. The predicted molar refractivity (Wildman–Crippen MR) is 95.0 cm³/mol. The average molecular weight is 299 g/mol. The van der Waals surface area contributed by atoms with Crippen LogP contribution in [0.2, 0.25) is 0 Å². The quantitative estimate of drug-likeness (QED) is 0.814. The number of rotatable bonds is 7. The normalized spacial score (nSPS) is 13.5. The molecule has 0 saturated heterocycles. The Balaban J connectivity index is 2.11. The summed E-state index contributed by atoms with van der Waals surface area (Å²) in [5, 5.41) is 13.0. The molecular weight excluding hydrogens is 270 g/mol. The van der Waals surface area contributed by atoms with E-state index in [1.807, 2.05) is 12.1 Å². The Bertz CT molecular complexity index is 581. The molecule has 0 aromatic heterocycles. The summed E-state index contributed by atoms with van der Waals surface area (Å²) >= 11 is 0. The number of hydrogen-bond acceptors (Lipinski definition) is 2. The molecule has 0 aliphatic rings. The van der Waals surface area contributed by atoms with Crippen molar-refractivity contribution in [1.82, 2.24) is 4.90 Å². The molecule has 0 heterocycles. The van der Waals surface area contributed by atoms with Gasteiger partial charge in [-0.15, -0.1) is 0 Å². The highest BCUT2D eigenvalue weighted by atomic mass is 16.3. The lowest BCUT2D eigenvalue weighted by molar-refractivity contribution is 0.0988. The number of aliphatic hydroxyl groups is 1. The van der Waals surface area contributed by atoms with Crippen molar-refractivity contribution >= 4 is 10.8 Å². The van der Waals surface area contributed by atoms with Crippen LogP contribution in [0.3, 0.4) is 0 Å². The van der Waals surface area contributed by atoms with Gasteiger partial charge in [-0.05, 0) is 34.2 Å². The predicted octanol–water partition coefficient (Wildman–Crippen LogP) is 4.49. The SMILES string of the molecule is CC(C)CN(CC(C)C)C[C@H](O)c1ccc2ccccc2c1. The van der Waals surface area contributed by atoms with Gasteiger partial charge >= 0.3 is 0 Å². The molecule has 0 saturated carbocycles. The van der Waals surface area contributed by atoms with Crippen LogP contribution < -0.4 is 0 Å². The second-order valence-corrected chi connectivity index (χ2v) is 7.13. The highest BCUT2D eigenvalue weighted by Crippen LogP contribution is 2.21. The van der Waals surface area contributed by atoms with Gasteiger partial charge in [0.05, 0.1) is 6.10 Å². The molecule has 0 aliphatic carbocycles. The Hall–Kier alpha value is -1.38. The van der Waals surface area contributed by atoms with Crippen LogP contribution in [0.4, 0.5) is 0 Å². The van der Waals surface area contributed by atoms with E-state index in [2.05, 4.69) is 62.9 Å². The van der Waals surface area contributed by atoms with Crippen molar-refractivity contribution in [3.63, 3.8) is 0 Å². The maximum absolute atomic E-state index is 10.6. The average Bonchev–Trinajstić information content (AvgIpc) is 2.45. The van der Waals surface area contributed by atoms with Crippen molar-refractivity contribution < 1.29 is 5.11 Å². The van der Waals surface area contributed by atoms with E-state index in [-0.39, 0.29) is 0 Å². The van der Waals surface area contributed by atoms with Crippen molar-refractivity contribution in [3.05, 3.63) is 48.0 Å². The van der Waals surface area contributed by atoms with E-state index in [4.69, 9.17) is 0 Å². The van der Waals surface area contributed by atoms with E-state index in [1.165, 1.54) is 10.8 Å². The first-order chi connectivity index (χ1) is 10.5. The van der Waals surface area contributed by atoms with Crippen LogP contribution >= 0.6 is 0 Å². The van der Waals surface area contributed by atoms with Crippen molar-refractivity contribution in [3.8, 4) is 0 Å². The van der Waals surface area contributed by atoms with Crippen LogP contribution in [-0.4, -0.2) is 29.6 Å². The zero-order chi connectivity index (χ0) is 16.1. The fourth-order valence-electron chi connectivity index (χ4n) is 3.02. The third kappa shape index (κ3) is 4.82. The fourth-order valence-corrected chi connectivity index (χ4v) is 3.02. The summed E-state index contributed by atoms with van der Waals surface area (Å²) in [6.07, 6.45) is -0.429. The molecule has 2 nitrogen and oxygen atoms in total. The molecule has 0 aliphatic heterocycles. The van der Waals surface area contributed by atoms with Crippen LogP contribution in [0, 0.1) is 11.8 Å². The molecule has 120 valence electrons. The Morgan fingerprint density at radius 2 is 1.41 bits per heavy atom. The first kappa shape index (κ1) is 17.0. The molecule has 0 fully saturated rings. The summed E-state index contributed by atoms with van der Waals surface area (Å²) in [7, 11) is 0. The lowest BCUT2D eigenvalue weighted by Gasteiger charge is -2.28. The minimum atomic E-state index is -0.429. The highest BCUT2D eigenvalue weighted by Gasteiger charge is 2.16. The number of fused-ring (bicyclic) bond motifs is 1. The second-order valence-electron chi connectivity index (χ2n) is 7.13. The van der Waals surface area contributed by atoms with Crippen molar-refractivity contribution in [2.75, 3.05) is 19.6 Å². The molecule has 2 aromatic rings. The molecule has 2 aromatic carbocycles. The van der Waals surface area contributed by atoms with E-state index in [0.717, 1.165) is 18.7 Å². The minimum absolute atomic E-state index is 0.429. The van der Waals surface area contributed by atoms with Crippen LogP contribution in [0.15, 0.2) is 42.5 Å². The Kier molecular flexibility index (Phi) is 5.98. The monoisotopic (exact) mass is 299 g/mol. The summed E-state index contributed by atoms with van der Waals surface area (Å²) in [5.41, 5.74) is 1.01. The first-order valence-corrected chi connectivity index (χ1v) is 8.35. The Morgan fingerprint density at radius 3 is 2.00 bits per heavy atom. The van der Waals surface area contributed by atoms with Gasteiger partial charge in [0, 0.05) is 19.6 Å². The van der Waals surface area contributed by atoms with Crippen molar-refractivity contribution in [1.29, 1.82) is 0 Å². The van der Waals surface area contributed by atoms with E-state index in [9.17, 15) is 5.11 Å². The first-order valence-electron chi connectivity index (χ1n) is 8.35. The Morgan fingerprint density at radius 1 is 0.818 bits per heavy atom. The van der Waals surface area contributed by atoms with E-state index in [1.54, 1.807) is 0 Å². The number of benzene rings is 2. The van der Waals surface area contributed by atoms with Gasteiger partial charge in [-0.2, -0.15) is 0 Å². The van der Waals surface area contributed by atoms with Gasteiger partial charge in [0.1, 0.15) is 0 Å². The number of aliphatic hydroxyl groups excluding tert-OH is 1. The van der Waals surface area contributed by atoms with Crippen molar-refractivity contribution in [2.45, 2.75) is 33.8 Å². The van der Waals surface area contributed by atoms with Gasteiger partial charge in [-0.3, -0.25) is 4.90 Å². The molecule has 0 bridgehead atoms. The standard InChI is InChI=1S/C20H29NO/c1-15(2)12-21(13-16(3)4)14-20(22)19-10-9-17-7-5-6-8-18(17)11-19/h5-11,15-16,20,22H,12-14H2,1-4H3/t20-/m0/s1. The number of nitrogens with zero attached hydrogens (tertiary/aromatic N) is 1. The van der Waals surface area contributed by atoms with Gasteiger partial charge in [0.2, 0.25) is 0 Å². The van der Waals surface area contributed by atoms with Crippen molar-refractivity contribution in [2.24, 2.45) is 11.8 Å². The summed E-state index contributed by atoms with van der Waals surface area (Å²) < 4.78 is 0. The van der Waals surface area contributed by atoms with Crippen LogP contribution in [0.1, 0.15) is 39.4 Å². The smallest absolute Gasteiger partial charge is 0.0917 e. The molecule has 0 amide bonds. The summed E-state index contributed by atoms with van der Waals surface area (Å²) in [4.78, 5) is 2.38. The van der Waals surface area contributed by atoms with Gasteiger partial charge in [0.25, 0.3) is 0 Å².